The Labute approximate surface area is 354 Å². The Balaban J connectivity index is 1.50. The van der Waals surface area contributed by atoms with E-state index in [0.29, 0.717) is 44.6 Å². The van der Waals surface area contributed by atoms with E-state index in [1.165, 1.54) is 4.90 Å². The second kappa shape index (κ2) is 22.4. The third-order valence-electron chi connectivity index (χ3n) is 11.6. The van der Waals surface area contributed by atoms with Gasteiger partial charge in [0, 0.05) is 48.3 Å². The zero-order chi connectivity index (χ0) is 41.5. The Hall–Kier alpha value is -4.29. The van der Waals surface area contributed by atoms with Crippen LogP contribution in [0.2, 0.25) is 0 Å². The SMILES string of the molecule is C=CCOC12Oc3ccc(OCCSc4ccccc4)cc3C3C(CCCCO)C(CCCCO)C=C(C(=NOCc4ccccc4)CC1N(CCC)C(=O)OCC)C32. The molecule has 1 amide bonds. The average molecular weight is 827 g/mol. The van der Waals surface area contributed by atoms with Crippen LogP contribution in [-0.2, 0) is 20.9 Å². The molecule has 0 saturated heterocycles. The Kier molecular flexibility index (Phi) is 16.8. The summed E-state index contributed by atoms with van der Waals surface area (Å²) in [5, 5.41) is 24.7. The number of unbranched alkanes of at least 4 members (excludes halogenated alkanes) is 2. The maximum absolute atomic E-state index is 14.0. The fraction of sp³-hybridized carbons (Fsp3) is 0.500. The van der Waals surface area contributed by atoms with E-state index in [1.54, 1.807) is 22.7 Å². The van der Waals surface area contributed by atoms with Gasteiger partial charge in [-0.25, -0.2) is 4.79 Å². The van der Waals surface area contributed by atoms with Crippen molar-refractivity contribution in [1.29, 1.82) is 0 Å². The van der Waals surface area contributed by atoms with Gasteiger partial charge >= 0.3 is 6.09 Å². The normalized spacial score (nSPS) is 23.6. The summed E-state index contributed by atoms with van der Waals surface area (Å²) < 4.78 is 26.5. The molecular formula is C48H62N2O8S. The molecule has 318 valence electrons. The lowest BCUT2D eigenvalue weighted by Gasteiger charge is -2.59. The number of amides is 1. The van der Waals surface area contributed by atoms with Crippen LogP contribution in [0.3, 0.4) is 0 Å². The van der Waals surface area contributed by atoms with Crippen molar-refractivity contribution in [2.24, 2.45) is 22.9 Å². The predicted octanol–water partition coefficient (Wildman–Crippen LogP) is 9.56. The number of hydrogen-bond donors (Lipinski definition) is 2. The lowest BCUT2D eigenvalue weighted by atomic mass is 9.55. The van der Waals surface area contributed by atoms with E-state index in [9.17, 15) is 15.0 Å². The number of aliphatic hydroxyl groups is 2. The van der Waals surface area contributed by atoms with Crippen molar-refractivity contribution in [2.45, 2.75) is 94.5 Å². The van der Waals surface area contributed by atoms with E-state index in [4.69, 9.17) is 28.9 Å². The molecule has 6 rings (SSSR count). The molecular weight excluding hydrogens is 765 g/mol. The quantitative estimate of drug-likeness (QED) is 0.0417. The standard InChI is InChI=1S/C48H62N2O8S/c1-4-25-50(47(53)54-6-3)44-33-42(49-57-34-35-17-9-7-10-18-35)40-31-36(19-13-15-26-51)39(22-14-16-27-52)45-41-32-37(55-29-30-59-38-20-11-8-12-21-38)23-24-43(41)58-48(44,46(40)45)56-28-5-2/h5,7-12,17-18,20-21,23-24,31-32,36,39,44-46,51-52H,2,4,6,13-16,19,22,25-30,33-34H2,1,3H3. The minimum atomic E-state index is -1.34. The molecule has 1 heterocycles. The van der Waals surface area contributed by atoms with Gasteiger partial charge in [-0.3, -0.25) is 4.90 Å². The Bertz CT molecular complexity index is 1840. The van der Waals surface area contributed by atoms with Crippen LogP contribution in [-0.4, -0.2) is 84.1 Å². The van der Waals surface area contributed by atoms with Crippen LogP contribution in [0.25, 0.3) is 0 Å². The molecule has 10 nitrogen and oxygen atoms in total. The van der Waals surface area contributed by atoms with E-state index in [2.05, 4.69) is 30.9 Å². The highest BCUT2D eigenvalue weighted by Crippen LogP contribution is 2.62. The molecule has 1 saturated carbocycles. The molecule has 3 aromatic carbocycles. The highest BCUT2D eigenvalue weighted by atomic mass is 32.2. The molecule has 2 N–H and O–H groups in total. The lowest BCUT2D eigenvalue weighted by molar-refractivity contribution is -0.255. The predicted molar refractivity (Wildman–Crippen MR) is 233 cm³/mol. The number of fused-ring (bicyclic) bond motifs is 2. The van der Waals surface area contributed by atoms with Crippen LogP contribution in [0.1, 0.15) is 82.3 Å². The average Bonchev–Trinajstić information content (AvgIpc) is 3.26. The first kappa shape index (κ1) is 44.3. The number of hydrogen-bond acceptors (Lipinski definition) is 10. The van der Waals surface area contributed by atoms with Gasteiger partial charge in [0.25, 0.3) is 0 Å². The summed E-state index contributed by atoms with van der Waals surface area (Å²) in [6.07, 6.45) is 9.47. The Morgan fingerprint density at radius 2 is 1.75 bits per heavy atom. The van der Waals surface area contributed by atoms with Crippen molar-refractivity contribution in [3.05, 3.63) is 114 Å². The van der Waals surface area contributed by atoms with Crippen molar-refractivity contribution < 1.29 is 38.8 Å². The van der Waals surface area contributed by atoms with E-state index in [-0.39, 0.29) is 50.8 Å². The molecule has 0 radical (unpaired) electrons. The van der Waals surface area contributed by atoms with Gasteiger partial charge in [0.2, 0.25) is 5.79 Å². The third-order valence-corrected chi connectivity index (χ3v) is 12.6. The maximum atomic E-state index is 14.0. The number of nitrogens with zero attached hydrogens (tertiary/aromatic N) is 2. The van der Waals surface area contributed by atoms with Gasteiger partial charge in [-0.15, -0.1) is 18.3 Å². The largest absolute Gasteiger partial charge is 0.493 e. The fourth-order valence-electron chi connectivity index (χ4n) is 9.15. The number of aliphatic hydroxyl groups excluding tert-OH is 2. The van der Waals surface area contributed by atoms with Gasteiger partial charge in [-0.1, -0.05) is 85.6 Å². The molecule has 0 bridgehead atoms. The summed E-state index contributed by atoms with van der Waals surface area (Å²) in [4.78, 5) is 23.2. The number of thioether (sulfide) groups is 1. The number of allylic oxidation sites excluding steroid dienone is 1. The molecule has 3 aromatic rings. The van der Waals surface area contributed by atoms with Gasteiger partial charge in [-0.2, -0.15) is 0 Å². The van der Waals surface area contributed by atoms with Crippen LogP contribution < -0.4 is 9.47 Å². The number of oxime groups is 1. The molecule has 3 aliphatic rings. The molecule has 6 atom stereocenters. The van der Waals surface area contributed by atoms with E-state index in [0.717, 1.165) is 59.6 Å². The smallest absolute Gasteiger partial charge is 0.410 e. The van der Waals surface area contributed by atoms with Gasteiger partial charge in [0.05, 0.1) is 31.5 Å². The second-order valence-corrected chi connectivity index (χ2v) is 16.6. The van der Waals surface area contributed by atoms with E-state index >= 15 is 0 Å². The first-order chi connectivity index (χ1) is 29.0. The van der Waals surface area contributed by atoms with Gasteiger partial charge in [0.15, 0.2) is 0 Å². The van der Waals surface area contributed by atoms with Crippen LogP contribution >= 0.6 is 11.8 Å². The van der Waals surface area contributed by atoms with Gasteiger partial charge in [0.1, 0.15) is 24.1 Å². The third kappa shape index (κ3) is 10.7. The molecule has 6 unspecified atom stereocenters. The Morgan fingerprint density at radius 1 is 1.00 bits per heavy atom. The summed E-state index contributed by atoms with van der Waals surface area (Å²) in [5.74, 6) is 0.591. The second-order valence-electron chi connectivity index (χ2n) is 15.4. The summed E-state index contributed by atoms with van der Waals surface area (Å²) in [6, 6.07) is 25.7. The van der Waals surface area contributed by atoms with Crippen molar-refractivity contribution in [3.8, 4) is 11.5 Å². The zero-order valence-corrected chi connectivity index (χ0v) is 35.5. The number of carbonyl (C=O) groups is 1. The van der Waals surface area contributed by atoms with E-state index in [1.807, 2.05) is 74.5 Å². The monoisotopic (exact) mass is 826 g/mol. The van der Waals surface area contributed by atoms with Gasteiger partial charge < -0.3 is 34.0 Å². The van der Waals surface area contributed by atoms with Crippen LogP contribution in [0, 0.1) is 17.8 Å². The Morgan fingerprint density at radius 3 is 2.46 bits per heavy atom. The molecule has 2 aliphatic carbocycles. The first-order valence-electron chi connectivity index (χ1n) is 21.5. The molecule has 1 fully saturated rings. The number of ether oxygens (including phenoxy) is 4. The van der Waals surface area contributed by atoms with Crippen LogP contribution in [0.4, 0.5) is 4.79 Å². The van der Waals surface area contributed by atoms with Crippen molar-refractivity contribution in [1.82, 2.24) is 4.90 Å². The topological polar surface area (TPSA) is 119 Å². The molecule has 11 heteroatoms. The molecule has 0 spiro atoms. The van der Waals surface area contributed by atoms with Crippen LogP contribution in [0.15, 0.2) is 113 Å². The summed E-state index contributed by atoms with van der Waals surface area (Å²) >= 11 is 1.76. The zero-order valence-electron chi connectivity index (χ0n) is 34.7. The fourth-order valence-corrected chi connectivity index (χ4v) is 9.91. The summed E-state index contributed by atoms with van der Waals surface area (Å²) in [6.45, 7) is 9.79. The lowest BCUT2D eigenvalue weighted by Crippen LogP contribution is -2.70. The first-order valence-corrected chi connectivity index (χ1v) is 22.4. The van der Waals surface area contributed by atoms with E-state index < -0.39 is 23.8 Å². The van der Waals surface area contributed by atoms with Gasteiger partial charge in [-0.05, 0) is 92.3 Å². The summed E-state index contributed by atoms with van der Waals surface area (Å²) in [7, 11) is 0. The maximum Gasteiger partial charge on any atom is 0.410 e. The number of carbonyl (C=O) groups excluding carboxylic acids is 1. The minimum Gasteiger partial charge on any atom is -0.493 e. The summed E-state index contributed by atoms with van der Waals surface area (Å²) in [5.41, 5.74) is 3.77. The highest BCUT2D eigenvalue weighted by molar-refractivity contribution is 7.99. The molecule has 1 aliphatic heterocycles. The van der Waals surface area contributed by atoms with Crippen molar-refractivity contribution in [2.75, 3.05) is 45.3 Å². The molecule has 0 aromatic heterocycles. The number of benzene rings is 3. The van der Waals surface area contributed by atoms with Crippen LogP contribution in [0.5, 0.6) is 11.5 Å². The minimum absolute atomic E-state index is 0.111. The van der Waals surface area contributed by atoms with Crippen molar-refractivity contribution in [3.63, 3.8) is 0 Å². The highest BCUT2D eigenvalue weighted by Gasteiger charge is 2.65. The van der Waals surface area contributed by atoms with Crippen molar-refractivity contribution >= 4 is 23.6 Å². The molecule has 59 heavy (non-hydrogen) atoms. The number of rotatable bonds is 23.